The van der Waals surface area contributed by atoms with Crippen LogP contribution in [0.15, 0.2) is 35.4 Å². The van der Waals surface area contributed by atoms with Gasteiger partial charge in [0.15, 0.2) is 0 Å². The summed E-state index contributed by atoms with van der Waals surface area (Å²) in [6.07, 6.45) is 0. The average Bonchev–Trinajstić information content (AvgIpc) is 2.34. The molecule has 0 radical (unpaired) electrons. The fourth-order valence-electron chi connectivity index (χ4n) is 1.93. The van der Waals surface area contributed by atoms with Gasteiger partial charge in [-0.25, -0.2) is 0 Å². The van der Waals surface area contributed by atoms with E-state index >= 15 is 0 Å². The van der Waals surface area contributed by atoms with Crippen molar-refractivity contribution in [3.8, 4) is 5.75 Å². The summed E-state index contributed by atoms with van der Waals surface area (Å²) in [7, 11) is 3.38. The van der Waals surface area contributed by atoms with Crippen molar-refractivity contribution in [3.63, 3.8) is 0 Å². The van der Waals surface area contributed by atoms with Gasteiger partial charge in [-0.3, -0.25) is 4.79 Å². The minimum Gasteiger partial charge on any atom is -0.495 e. The second-order valence-corrected chi connectivity index (χ2v) is 4.37. The number of methoxy groups -OCH3 is 1. The van der Waals surface area contributed by atoms with Gasteiger partial charge >= 0.3 is 0 Å². The molecule has 1 aliphatic heterocycles. The molecule has 0 saturated carbocycles. The predicted molar refractivity (Wildman–Crippen MR) is 72.0 cm³/mol. The maximum Gasteiger partial charge on any atom is 0.253 e. The molecule has 1 aromatic rings. The molecule has 0 unspecified atom stereocenters. The molecule has 1 N–H and O–H groups in total. The van der Waals surface area contributed by atoms with Gasteiger partial charge in [0.25, 0.3) is 5.91 Å². The Bertz CT molecular complexity index is 488. The van der Waals surface area contributed by atoms with Gasteiger partial charge in [0, 0.05) is 25.7 Å². The number of carbonyl (C=O) groups is 1. The number of ether oxygens (including phenoxy) is 1. The lowest BCUT2D eigenvalue weighted by Gasteiger charge is -2.25. The number of nitrogens with one attached hydrogen (secondary N) is 1. The monoisotopic (exact) mass is 246 g/mol. The number of amides is 1. The highest BCUT2D eigenvalue weighted by atomic mass is 16.5. The van der Waals surface area contributed by atoms with Crippen molar-refractivity contribution in [1.82, 2.24) is 5.32 Å². The highest BCUT2D eigenvalue weighted by molar-refractivity contribution is 6.06. The van der Waals surface area contributed by atoms with E-state index in [9.17, 15) is 4.79 Å². The summed E-state index contributed by atoms with van der Waals surface area (Å²) in [4.78, 5) is 14.0. The van der Waals surface area contributed by atoms with Crippen LogP contribution in [-0.2, 0) is 4.79 Å². The van der Waals surface area contributed by atoms with E-state index in [1.807, 2.05) is 31.2 Å². The van der Waals surface area contributed by atoms with Crippen molar-refractivity contribution in [3.05, 3.63) is 35.4 Å². The lowest BCUT2D eigenvalue weighted by atomic mass is 10.0. The minimum absolute atomic E-state index is 0.0241. The highest BCUT2D eigenvalue weighted by Gasteiger charge is 2.21. The first-order valence-corrected chi connectivity index (χ1v) is 5.95. The van der Waals surface area contributed by atoms with E-state index in [-0.39, 0.29) is 5.91 Å². The van der Waals surface area contributed by atoms with E-state index in [0.29, 0.717) is 5.75 Å². The van der Waals surface area contributed by atoms with Gasteiger partial charge in [-0.2, -0.15) is 0 Å². The molecule has 18 heavy (non-hydrogen) atoms. The Labute approximate surface area is 107 Å². The SMILES string of the molecule is COc1ccccc1N(C)C(=O)C(C)=C1CNC1. The van der Waals surface area contributed by atoms with Gasteiger partial charge in [0.05, 0.1) is 12.8 Å². The molecular weight excluding hydrogens is 228 g/mol. The molecule has 1 amide bonds. The molecule has 96 valence electrons. The second-order valence-electron chi connectivity index (χ2n) is 4.37. The molecule has 1 aromatic carbocycles. The topological polar surface area (TPSA) is 41.6 Å². The van der Waals surface area contributed by atoms with E-state index in [1.54, 1.807) is 19.1 Å². The largest absolute Gasteiger partial charge is 0.495 e. The summed E-state index contributed by atoms with van der Waals surface area (Å²) >= 11 is 0. The summed E-state index contributed by atoms with van der Waals surface area (Å²) in [5.41, 5.74) is 2.79. The number of para-hydroxylation sites is 2. The Kier molecular flexibility index (Phi) is 3.67. The smallest absolute Gasteiger partial charge is 0.253 e. The zero-order valence-electron chi connectivity index (χ0n) is 11.0. The second kappa shape index (κ2) is 5.23. The quantitative estimate of drug-likeness (QED) is 0.823. The Hall–Kier alpha value is -1.81. The van der Waals surface area contributed by atoms with Gasteiger partial charge < -0.3 is 15.0 Å². The van der Waals surface area contributed by atoms with Gasteiger partial charge in [-0.05, 0) is 24.6 Å². The van der Waals surface area contributed by atoms with Crippen LogP contribution in [0.4, 0.5) is 5.69 Å². The van der Waals surface area contributed by atoms with Crippen molar-refractivity contribution in [2.45, 2.75) is 6.92 Å². The van der Waals surface area contributed by atoms with Crippen LogP contribution in [0.2, 0.25) is 0 Å². The zero-order chi connectivity index (χ0) is 13.1. The Morgan fingerprint density at radius 1 is 1.33 bits per heavy atom. The maximum absolute atomic E-state index is 12.3. The molecule has 0 aliphatic carbocycles. The van der Waals surface area contributed by atoms with Crippen LogP contribution >= 0.6 is 0 Å². The standard InChI is InChI=1S/C14H18N2O2/c1-10(11-8-15-9-11)14(17)16(2)12-6-4-5-7-13(12)18-3/h4-7,15H,8-9H2,1-3H3. The van der Waals surface area contributed by atoms with Gasteiger partial charge in [0.2, 0.25) is 0 Å². The maximum atomic E-state index is 12.3. The number of hydrogen-bond donors (Lipinski definition) is 1. The zero-order valence-corrected chi connectivity index (χ0v) is 11.0. The normalized spacial score (nSPS) is 13.8. The van der Waals surface area contributed by atoms with Crippen molar-refractivity contribution in [2.75, 3.05) is 32.1 Å². The van der Waals surface area contributed by atoms with E-state index in [1.165, 1.54) is 5.57 Å². The molecule has 0 atom stereocenters. The van der Waals surface area contributed by atoms with E-state index in [2.05, 4.69) is 5.32 Å². The first kappa shape index (κ1) is 12.6. The molecule has 0 aromatic heterocycles. The van der Waals surface area contributed by atoms with Crippen molar-refractivity contribution >= 4 is 11.6 Å². The summed E-state index contributed by atoms with van der Waals surface area (Å²) in [6.45, 7) is 3.51. The van der Waals surface area contributed by atoms with Crippen LogP contribution in [0.3, 0.4) is 0 Å². The van der Waals surface area contributed by atoms with Gasteiger partial charge in [-0.15, -0.1) is 0 Å². The number of benzene rings is 1. The summed E-state index contributed by atoms with van der Waals surface area (Å²) < 4.78 is 5.27. The molecule has 1 heterocycles. The first-order valence-electron chi connectivity index (χ1n) is 5.95. The van der Waals surface area contributed by atoms with Crippen LogP contribution in [0.5, 0.6) is 5.75 Å². The average molecular weight is 246 g/mol. The predicted octanol–water partition coefficient (Wildman–Crippen LogP) is 1.58. The van der Waals surface area contributed by atoms with E-state index in [0.717, 1.165) is 24.4 Å². The van der Waals surface area contributed by atoms with Crippen LogP contribution in [0.1, 0.15) is 6.92 Å². The molecule has 1 saturated heterocycles. The molecular formula is C14H18N2O2. The molecule has 1 aliphatic rings. The van der Waals surface area contributed by atoms with Crippen LogP contribution in [-0.4, -0.2) is 33.2 Å². The Balaban J connectivity index is 2.25. The minimum atomic E-state index is 0.0241. The lowest BCUT2D eigenvalue weighted by molar-refractivity contribution is -0.114. The summed E-state index contributed by atoms with van der Waals surface area (Å²) in [5, 5.41) is 3.14. The summed E-state index contributed by atoms with van der Waals surface area (Å²) in [6, 6.07) is 7.52. The third kappa shape index (κ3) is 2.24. The van der Waals surface area contributed by atoms with Crippen molar-refractivity contribution < 1.29 is 9.53 Å². The van der Waals surface area contributed by atoms with Crippen molar-refractivity contribution in [1.29, 1.82) is 0 Å². The van der Waals surface area contributed by atoms with Gasteiger partial charge in [-0.1, -0.05) is 12.1 Å². The third-order valence-electron chi connectivity index (χ3n) is 3.28. The van der Waals surface area contributed by atoms with E-state index < -0.39 is 0 Å². The van der Waals surface area contributed by atoms with Gasteiger partial charge in [0.1, 0.15) is 5.75 Å². The van der Waals surface area contributed by atoms with Crippen LogP contribution in [0, 0.1) is 0 Å². The number of rotatable bonds is 3. The van der Waals surface area contributed by atoms with E-state index in [4.69, 9.17) is 4.74 Å². The fourth-order valence-corrected chi connectivity index (χ4v) is 1.93. The number of anilines is 1. The Morgan fingerprint density at radius 3 is 2.56 bits per heavy atom. The number of nitrogens with zero attached hydrogens (tertiary/aromatic N) is 1. The number of likely N-dealkylation sites (N-methyl/N-ethyl adjacent to an activating group) is 1. The number of carbonyl (C=O) groups excluding carboxylic acids is 1. The molecule has 2 rings (SSSR count). The van der Waals surface area contributed by atoms with Crippen LogP contribution in [0.25, 0.3) is 0 Å². The third-order valence-corrected chi connectivity index (χ3v) is 3.28. The van der Waals surface area contributed by atoms with Crippen molar-refractivity contribution in [2.24, 2.45) is 0 Å². The molecule has 1 fully saturated rings. The molecule has 4 heteroatoms. The molecule has 0 spiro atoms. The molecule has 0 bridgehead atoms. The highest BCUT2D eigenvalue weighted by Crippen LogP contribution is 2.28. The first-order chi connectivity index (χ1) is 8.65. The lowest BCUT2D eigenvalue weighted by Crippen LogP contribution is -2.38. The number of hydrogen-bond acceptors (Lipinski definition) is 3. The van der Waals surface area contributed by atoms with Crippen LogP contribution < -0.4 is 15.0 Å². The Morgan fingerprint density at radius 2 is 2.00 bits per heavy atom. The summed E-state index contributed by atoms with van der Waals surface area (Å²) in [5.74, 6) is 0.730. The fraction of sp³-hybridized carbons (Fsp3) is 0.357. The molecule has 4 nitrogen and oxygen atoms in total.